The fraction of sp³-hybridized carbons (Fsp3) is 0. The van der Waals surface area contributed by atoms with E-state index >= 15 is 0 Å². The molecule has 40 heavy (non-hydrogen) atoms. The average molecular weight is 526 g/mol. The molecule has 0 spiro atoms. The average Bonchev–Trinajstić information content (AvgIpc) is 3.65. The van der Waals surface area contributed by atoms with Gasteiger partial charge < -0.3 is 0 Å². The lowest BCUT2D eigenvalue weighted by molar-refractivity contribution is 1.28. The molecule has 0 bridgehead atoms. The maximum Gasteiger partial charge on any atom is 0.165 e. The second-order valence-electron chi connectivity index (χ2n) is 10.6. The van der Waals surface area contributed by atoms with Gasteiger partial charge in [0.1, 0.15) is 5.52 Å². The van der Waals surface area contributed by atoms with Crippen LogP contribution in [-0.2, 0) is 0 Å². The maximum atomic E-state index is 5.17. The van der Waals surface area contributed by atoms with E-state index in [2.05, 4.69) is 108 Å². The van der Waals surface area contributed by atoms with Crippen LogP contribution in [0.25, 0.3) is 91.5 Å². The number of fused-ring (bicyclic) bond motifs is 12. The van der Waals surface area contributed by atoms with E-state index in [-0.39, 0.29) is 0 Å². The van der Waals surface area contributed by atoms with Crippen molar-refractivity contribution in [3.8, 4) is 11.1 Å². The molecule has 10 aromatic rings. The molecule has 10 rings (SSSR count). The first-order chi connectivity index (χ1) is 19.8. The van der Waals surface area contributed by atoms with Gasteiger partial charge >= 0.3 is 0 Å². The Bertz CT molecular complexity index is 2660. The molecular formula is C36H19N3S. The summed E-state index contributed by atoms with van der Waals surface area (Å²) in [7, 11) is 0. The van der Waals surface area contributed by atoms with Gasteiger partial charge in [0.05, 0.1) is 22.1 Å². The molecule has 0 aliphatic rings. The lowest BCUT2D eigenvalue weighted by Gasteiger charge is -2.06. The molecule has 6 aromatic carbocycles. The van der Waals surface area contributed by atoms with Crippen molar-refractivity contribution in [2.45, 2.75) is 0 Å². The Morgan fingerprint density at radius 3 is 2.20 bits per heavy atom. The number of rotatable bonds is 1. The third-order valence-electron chi connectivity index (χ3n) is 8.47. The molecule has 0 aliphatic carbocycles. The molecule has 0 fully saturated rings. The standard InChI is InChI=1S/C36H19N3S/c1-2-8-21-17-22(14-13-20(21)7-1)23-15-16-29-25(18-23)33-32-24-9-3-6-12-30(24)40-31(32)19-26-34-36(39(29)35(26)33)38-28-11-5-4-10-27(28)37-34/h1-19H. The zero-order chi connectivity index (χ0) is 25.9. The quantitative estimate of drug-likeness (QED) is 0.213. The van der Waals surface area contributed by atoms with Crippen LogP contribution in [0.1, 0.15) is 0 Å². The number of benzene rings is 6. The van der Waals surface area contributed by atoms with Crippen molar-refractivity contribution in [1.82, 2.24) is 14.4 Å². The van der Waals surface area contributed by atoms with Gasteiger partial charge in [-0.25, -0.2) is 9.97 Å². The summed E-state index contributed by atoms with van der Waals surface area (Å²) < 4.78 is 4.96. The Morgan fingerprint density at radius 1 is 0.525 bits per heavy atom. The molecule has 4 heterocycles. The number of aromatic nitrogens is 3. The van der Waals surface area contributed by atoms with Crippen molar-refractivity contribution in [2.75, 3.05) is 0 Å². The second-order valence-corrected chi connectivity index (χ2v) is 11.7. The van der Waals surface area contributed by atoms with Gasteiger partial charge in [0, 0.05) is 36.3 Å². The van der Waals surface area contributed by atoms with Gasteiger partial charge in [-0.2, -0.15) is 0 Å². The van der Waals surface area contributed by atoms with E-state index in [1.165, 1.54) is 69.3 Å². The van der Waals surface area contributed by atoms with Gasteiger partial charge in [-0.15, -0.1) is 11.3 Å². The van der Waals surface area contributed by atoms with Gasteiger partial charge in [-0.05, 0) is 64.4 Å². The Kier molecular flexibility index (Phi) is 3.81. The fourth-order valence-electron chi connectivity index (χ4n) is 6.70. The van der Waals surface area contributed by atoms with Crippen LogP contribution in [0.2, 0.25) is 0 Å². The molecular weight excluding hydrogens is 506 g/mol. The summed E-state index contributed by atoms with van der Waals surface area (Å²) in [4.78, 5) is 10.3. The Balaban J connectivity index is 1.42. The van der Waals surface area contributed by atoms with Crippen LogP contribution in [0.5, 0.6) is 0 Å². The molecule has 0 saturated heterocycles. The molecule has 0 N–H and O–H groups in total. The van der Waals surface area contributed by atoms with E-state index in [0.29, 0.717) is 0 Å². The van der Waals surface area contributed by atoms with Crippen LogP contribution in [-0.4, -0.2) is 14.4 Å². The monoisotopic (exact) mass is 525 g/mol. The second kappa shape index (κ2) is 7.32. The normalized spacial score (nSPS) is 12.5. The molecule has 0 saturated carbocycles. The molecule has 0 unspecified atom stereocenters. The first-order valence-electron chi connectivity index (χ1n) is 13.5. The zero-order valence-corrected chi connectivity index (χ0v) is 22.0. The minimum Gasteiger partial charge on any atom is -0.291 e. The summed E-state index contributed by atoms with van der Waals surface area (Å²) in [5.74, 6) is 0. The fourth-order valence-corrected chi connectivity index (χ4v) is 7.85. The number of thiophene rings is 1. The van der Waals surface area contributed by atoms with Crippen LogP contribution in [0.3, 0.4) is 0 Å². The predicted molar refractivity (Wildman–Crippen MR) is 170 cm³/mol. The number of hydrogen-bond acceptors (Lipinski definition) is 3. The van der Waals surface area contributed by atoms with Gasteiger partial charge in [-0.3, -0.25) is 4.40 Å². The Morgan fingerprint density at radius 2 is 1.27 bits per heavy atom. The summed E-state index contributed by atoms with van der Waals surface area (Å²) in [6.45, 7) is 0. The van der Waals surface area contributed by atoms with Crippen molar-refractivity contribution >= 4 is 91.7 Å². The van der Waals surface area contributed by atoms with Crippen molar-refractivity contribution in [2.24, 2.45) is 0 Å². The first kappa shape index (κ1) is 20.8. The van der Waals surface area contributed by atoms with Crippen LogP contribution in [0.15, 0.2) is 115 Å². The highest BCUT2D eigenvalue weighted by Gasteiger charge is 2.24. The smallest absolute Gasteiger partial charge is 0.165 e. The van der Waals surface area contributed by atoms with Crippen molar-refractivity contribution in [3.05, 3.63) is 115 Å². The zero-order valence-electron chi connectivity index (χ0n) is 21.2. The minimum atomic E-state index is 0.920. The highest BCUT2D eigenvalue weighted by molar-refractivity contribution is 7.26. The van der Waals surface area contributed by atoms with Gasteiger partial charge in [0.25, 0.3) is 0 Å². The predicted octanol–water partition coefficient (Wildman–Crippen LogP) is 9.97. The highest BCUT2D eigenvalue weighted by Crippen LogP contribution is 2.47. The lowest BCUT2D eigenvalue weighted by Crippen LogP contribution is -1.89. The number of nitrogens with zero attached hydrogens (tertiary/aromatic N) is 3. The molecule has 3 nitrogen and oxygen atoms in total. The van der Waals surface area contributed by atoms with Crippen LogP contribution < -0.4 is 0 Å². The number of para-hydroxylation sites is 2. The lowest BCUT2D eigenvalue weighted by atomic mass is 9.98. The maximum absolute atomic E-state index is 5.17. The molecule has 0 amide bonds. The molecule has 0 aliphatic heterocycles. The first-order valence-corrected chi connectivity index (χ1v) is 14.3. The van der Waals surface area contributed by atoms with E-state index in [1.807, 2.05) is 23.5 Å². The highest BCUT2D eigenvalue weighted by atomic mass is 32.1. The Labute approximate surface area is 231 Å². The van der Waals surface area contributed by atoms with E-state index in [9.17, 15) is 0 Å². The van der Waals surface area contributed by atoms with Crippen LogP contribution in [0, 0.1) is 0 Å². The van der Waals surface area contributed by atoms with Gasteiger partial charge in [-0.1, -0.05) is 72.8 Å². The molecule has 4 heteroatoms. The van der Waals surface area contributed by atoms with Crippen molar-refractivity contribution in [1.29, 1.82) is 0 Å². The third-order valence-corrected chi connectivity index (χ3v) is 9.59. The van der Waals surface area contributed by atoms with Gasteiger partial charge in [0.15, 0.2) is 5.65 Å². The van der Waals surface area contributed by atoms with E-state index in [4.69, 9.17) is 9.97 Å². The summed E-state index contributed by atoms with van der Waals surface area (Å²) in [6, 6.07) is 41.5. The SMILES string of the molecule is c1ccc2cc(-c3ccc4c(c3)c3c5c(cc6c7nc8ccccc8nc7n4c63)sc3ccccc35)ccc2c1. The van der Waals surface area contributed by atoms with Crippen molar-refractivity contribution < 1.29 is 0 Å². The van der Waals surface area contributed by atoms with E-state index in [1.54, 1.807) is 0 Å². The molecule has 0 atom stereocenters. The van der Waals surface area contributed by atoms with E-state index in [0.717, 1.165) is 22.2 Å². The van der Waals surface area contributed by atoms with Crippen LogP contribution >= 0.6 is 11.3 Å². The summed E-state index contributed by atoms with van der Waals surface area (Å²) in [5, 5.41) is 8.89. The number of hydrogen-bond donors (Lipinski definition) is 0. The van der Waals surface area contributed by atoms with Crippen LogP contribution in [0.4, 0.5) is 0 Å². The Hall–Kier alpha value is -5.06. The third kappa shape index (κ3) is 2.59. The summed E-state index contributed by atoms with van der Waals surface area (Å²) in [5.41, 5.74) is 8.59. The van der Waals surface area contributed by atoms with Gasteiger partial charge in [0.2, 0.25) is 0 Å². The molecule has 184 valence electrons. The summed E-state index contributed by atoms with van der Waals surface area (Å²) >= 11 is 1.86. The van der Waals surface area contributed by atoms with E-state index < -0.39 is 0 Å². The largest absolute Gasteiger partial charge is 0.291 e. The molecule has 0 radical (unpaired) electrons. The minimum absolute atomic E-state index is 0.920. The van der Waals surface area contributed by atoms with Crippen molar-refractivity contribution in [3.63, 3.8) is 0 Å². The molecule has 4 aromatic heterocycles. The topological polar surface area (TPSA) is 30.2 Å². The summed E-state index contributed by atoms with van der Waals surface area (Å²) in [6.07, 6.45) is 0.